The number of carbonyl (C=O) groups excluding carboxylic acids is 1. The summed E-state index contributed by atoms with van der Waals surface area (Å²) in [6, 6.07) is 1.74. The molecule has 1 aromatic carbocycles. The number of halogens is 3. The highest BCUT2D eigenvalue weighted by atomic mass is 19.2. The van der Waals surface area contributed by atoms with Crippen LogP contribution in [0.5, 0.6) is 0 Å². The molecule has 1 aromatic rings. The molecular formula is C12H13F3N2O. The summed E-state index contributed by atoms with van der Waals surface area (Å²) in [6.07, 6.45) is 2.48. The lowest BCUT2D eigenvalue weighted by Crippen LogP contribution is -2.49. The van der Waals surface area contributed by atoms with Gasteiger partial charge in [-0.3, -0.25) is 4.79 Å². The first kappa shape index (κ1) is 12.9. The van der Waals surface area contributed by atoms with Crippen molar-refractivity contribution in [1.82, 2.24) is 0 Å². The molecule has 0 heterocycles. The van der Waals surface area contributed by atoms with E-state index in [1.807, 2.05) is 0 Å². The van der Waals surface area contributed by atoms with Crippen molar-refractivity contribution in [3.05, 3.63) is 29.6 Å². The molecule has 0 spiro atoms. The first-order valence-corrected chi connectivity index (χ1v) is 5.63. The predicted octanol–water partition coefficient (Wildman–Crippen LogP) is 2.31. The summed E-state index contributed by atoms with van der Waals surface area (Å²) in [5.41, 5.74) is 4.94. The summed E-state index contributed by atoms with van der Waals surface area (Å²) < 4.78 is 38.9. The number of amides is 1. The fourth-order valence-corrected chi connectivity index (χ4v) is 1.94. The monoisotopic (exact) mass is 258 g/mol. The van der Waals surface area contributed by atoms with Gasteiger partial charge >= 0.3 is 0 Å². The SMILES string of the molecule is NC1(CC(=O)Nc2ccc(F)c(F)c2F)CCC1. The molecule has 3 nitrogen and oxygen atoms in total. The summed E-state index contributed by atoms with van der Waals surface area (Å²) in [4.78, 5) is 11.6. The molecule has 1 amide bonds. The topological polar surface area (TPSA) is 55.1 Å². The van der Waals surface area contributed by atoms with E-state index in [-0.39, 0.29) is 12.1 Å². The third kappa shape index (κ3) is 2.48. The van der Waals surface area contributed by atoms with Gasteiger partial charge in [-0.2, -0.15) is 0 Å². The van der Waals surface area contributed by atoms with E-state index in [0.29, 0.717) is 0 Å². The Morgan fingerprint density at radius 3 is 2.50 bits per heavy atom. The van der Waals surface area contributed by atoms with Crippen LogP contribution in [-0.4, -0.2) is 11.4 Å². The van der Waals surface area contributed by atoms with Crippen LogP contribution in [0.1, 0.15) is 25.7 Å². The lowest BCUT2D eigenvalue weighted by atomic mass is 9.75. The normalized spacial score (nSPS) is 17.1. The number of hydrogen-bond acceptors (Lipinski definition) is 2. The second-order valence-electron chi connectivity index (χ2n) is 4.66. The first-order chi connectivity index (χ1) is 8.41. The van der Waals surface area contributed by atoms with Gasteiger partial charge in [-0.15, -0.1) is 0 Å². The largest absolute Gasteiger partial charge is 0.325 e. The lowest BCUT2D eigenvalue weighted by Gasteiger charge is -2.37. The Balaban J connectivity index is 2.05. The number of nitrogens with one attached hydrogen (secondary N) is 1. The molecule has 0 saturated heterocycles. The Labute approximate surface area is 102 Å². The van der Waals surface area contributed by atoms with E-state index in [4.69, 9.17) is 5.73 Å². The zero-order chi connectivity index (χ0) is 13.3. The Kier molecular flexibility index (Phi) is 3.30. The molecule has 1 aliphatic rings. The van der Waals surface area contributed by atoms with Crippen molar-refractivity contribution >= 4 is 11.6 Å². The molecule has 0 aliphatic heterocycles. The molecule has 1 saturated carbocycles. The molecule has 2 rings (SSSR count). The Morgan fingerprint density at radius 1 is 1.28 bits per heavy atom. The summed E-state index contributed by atoms with van der Waals surface area (Å²) >= 11 is 0. The minimum absolute atomic E-state index is 0.0471. The van der Waals surface area contributed by atoms with Crippen molar-refractivity contribution in [3.63, 3.8) is 0 Å². The maximum absolute atomic E-state index is 13.3. The average Bonchev–Trinajstić information content (AvgIpc) is 2.28. The highest BCUT2D eigenvalue weighted by Gasteiger charge is 2.34. The highest BCUT2D eigenvalue weighted by Crippen LogP contribution is 2.32. The zero-order valence-electron chi connectivity index (χ0n) is 9.60. The van der Waals surface area contributed by atoms with Crippen LogP contribution in [0.25, 0.3) is 0 Å². The van der Waals surface area contributed by atoms with Crippen LogP contribution in [-0.2, 0) is 4.79 Å². The quantitative estimate of drug-likeness (QED) is 0.817. The number of anilines is 1. The van der Waals surface area contributed by atoms with Crippen LogP contribution < -0.4 is 11.1 Å². The van der Waals surface area contributed by atoms with E-state index in [0.717, 1.165) is 31.4 Å². The summed E-state index contributed by atoms with van der Waals surface area (Å²) in [7, 11) is 0. The number of benzene rings is 1. The van der Waals surface area contributed by atoms with Gasteiger partial charge in [-0.05, 0) is 31.4 Å². The van der Waals surface area contributed by atoms with Gasteiger partial charge in [-0.25, -0.2) is 13.2 Å². The Hall–Kier alpha value is -1.56. The summed E-state index contributed by atoms with van der Waals surface area (Å²) in [5.74, 6) is -4.79. The number of nitrogens with two attached hydrogens (primary N) is 1. The molecule has 0 bridgehead atoms. The summed E-state index contributed by atoms with van der Waals surface area (Å²) in [5, 5.41) is 2.20. The number of hydrogen-bond donors (Lipinski definition) is 2. The van der Waals surface area contributed by atoms with Gasteiger partial charge in [0, 0.05) is 12.0 Å². The maximum Gasteiger partial charge on any atom is 0.226 e. The molecule has 0 aromatic heterocycles. The Bertz CT molecular complexity index is 486. The van der Waals surface area contributed by atoms with Crippen LogP contribution in [0.3, 0.4) is 0 Å². The van der Waals surface area contributed by atoms with E-state index in [1.165, 1.54) is 0 Å². The fraction of sp³-hybridized carbons (Fsp3) is 0.417. The van der Waals surface area contributed by atoms with Gasteiger partial charge in [0.15, 0.2) is 17.5 Å². The minimum atomic E-state index is -1.60. The Morgan fingerprint density at radius 2 is 1.94 bits per heavy atom. The number of carbonyl (C=O) groups is 1. The van der Waals surface area contributed by atoms with Gasteiger partial charge in [0.1, 0.15) is 0 Å². The third-order valence-corrected chi connectivity index (χ3v) is 3.17. The van der Waals surface area contributed by atoms with E-state index in [1.54, 1.807) is 0 Å². The van der Waals surface area contributed by atoms with Crippen LogP contribution in [0.2, 0.25) is 0 Å². The van der Waals surface area contributed by atoms with Crippen molar-refractivity contribution in [2.75, 3.05) is 5.32 Å². The lowest BCUT2D eigenvalue weighted by molar-refractivity contribution is -0.118. The maximum atomic E-state index is 13.3. The molecule has 98 valence electrons. The van der Waals surface area contributed by atoms with Crippen LogP contribution in [0.4, 0.5) is 18.9 Å². The van der Waals surface area contributed by atoms with Crippen molar-refractivity contribution in [3.8, 4) is 0 Å². The van der Waals surface area contributed by atoms with Crippen molar-refractivity contribution in [1.29, 1.82) is 0 Å². The molecule has 18 heavy (non-hydrogen) atoms. The van der Waals surface area contributed by atoms with Crippen LogP contribution in [0.15, 0.2) is 12.1 Å². The van der Waals surface area contributed by atoms with Gasteiger partial charge in [0.2, 0.25) is 5.91 Å². The van der Waals surface area contributed by atoms with Crippen molar-refractivity contribution in [2.24, 2.45) is 5.73 Å². The molecule has 1 aliphatic carbocycles. The number of rotatable bonds is 3. The minimum Gasteiger partial charge on any atom is -0.325 e. The molecule has 1 fully saturated rings. The second kappa shape index (κ2) is 4.61. The highest BCUT2D eigenvalue weighted by molar-refractivity contribution is 5.91. The van der Waals surface area contributed by atoms with Gasteiger partial charge in [-0.1, -0.05) is 0 Å². The van der Waals surface area contributed by atoms with Crippen LogP contribution in [0, 0.1) is 17.5 Å². The van der Waals surface area contributed by atoms with E-state index in [2.05, 4.69) is 5.32 Å². The first-order valence-electron chi connectivity index (χ1n) is 5.63. The van der Waals surface area contributed by atoms with E-state index < -0.39 is 28.9 Å². The molecular weight excluding hydrogens is 245 g/mol. The third-order valence-electron chi connectivity index (χ3n) is 3.17. The zero-order valence-corrected chi connectivity index (χ0v) is 9.60. The van der Waals surface area contributed by atoms with E-state index in [9.17, 15) is 18.0 Å². The smallest absolute Gasteiger partial charge is 0.226 e. The molecule has 0 radical (unpaired) electrons. The van der Waals surface area contributed by atoms with Gasteiger partial charge in [0.05, 0.1) is 5.69 Å². The molecule has 6 heteroatoms. The van der Waals surface area contributed by atoms with Gasteiger partial charge in [0.25, 0.3) is 0 Å². The predicted molar refractivity (Wildman–Crippen MR) is 60.3 cm³/mol. The second-order valence-corrected chi connectivity index (χ2v) is 4.66. The summed E-state index contributed by atoms with van der Waals surface area (Å²) in [6.45, 7) is 0. The van der Waals surface area contributed by atoms with Crippen LogP contribution >= 0.6 is 0 Å². The average molecular weight is 258 g/mol. The fourth-order valence-electron chi connectivity index (χ4n) is 1.94. The molecule has 3 N–H and O–H groups in total. The van der Waals surface area contributed by atoms with Crippen molar-refractivity contribution in [2.45, 2.75) is 31.2 Å². The molecule has 0 unspecified atom stereocenters. The van der Waals surface area contributed by atoms with Gasteiger partial charge < -0.3 is 11.1 Å². The van der Waals surface area contributed by atoms with E-state index >= 15 is 0 Å². The van der Waals surface area contributed by atoms with Crippen molar-refractivity contribution < 1.29 is 18.0 Å². The molecule has 0 atom stereocenters. The standard InChI is InChI=1S/C12H13F3N2O/c13-7-2-3-8(11(15)10(7)14)17-9(18)6-12(16)4-1-5-12/h2-3H,1,4-6,16H2,(H,17,18).